The van der Waals surface area contributed by atoms with Gasteiger partial charge in [0.05, 0.1) is 17.9 Å². The van der Waals surface area contributed by atoms with Gasteiger partial charge in [-0.2, -0.15) is 5.10 Å². The summed E-state index contributed by atoms with van der Waals surface area (Å²) in [7, 11) is 0. The van der Waals surface area contributed by atoms with Gasteiger partial charge in [0.1, 0.15) is 12.7 Å². The Morgan fingerprint density at radius 3 is 2.80 bits per heavy atom. The summed E-state index contributed by atoms with van der Waals surface area (Å²) in [6.45, 7) is 4.06. The third kappa shape index (κ3) is 3.61. The van der Waals surface area contributed by atoms with E-state index in [9.17, 15) is 4.79 Å². The predicted octanol–water partition coefficient (Wildman–Crippen LogP) is 0.974. The van der Waals surface area contributed by atoms with E-state index in [1.165, 1.54) is 11.0 Å². The van der Waals surface area contributed by atoms with Crippen LogP contribution in [0.25, 0.3) is 5.82 Å². The highest BCUT2D eigenvalue weighted by Crippen LogP contribution is 2.10. The summed E-state index contributed by atoms with van der Waals surface area (Å²) in [5.74, 6) is 0.810. The minimum atomic E-state index is -0.509. The van der Waals surface area contributed by atoms with Gasteiger partial charge >= 0.3 is 0 Å². The molecular weight excluding hydrogens is 256 g/mol. The van der Waals surface area contributed by atoms with Crippen molar-refractivity contribution in [3.63, 3.8) is 0 Å². The van der Waals surface area contributed by atoms with E-state index in [1.807, 2.05) is 13.8 Å². The van der Waals surface area contributed by atoms with Gasteiger partial charge < -0.3 is 11.1 Å². The molecule has 7 nitrogen and oxygen atoms in total. The Labute approximate surface area is 117 Å². The van der Waals surface area contributed by atoms with E-state index < -0.39 is 6.04 Å². The quantitative estimate of drug-likeness (QED) is 0.846. The van der Waals surface area contributed by atoms with Crippen molar-refractivity contribution in [2.75, 3.05) is 5.32 Å². The number of anilines is 1. The normalized spacial score (nSPS) is 12.4. The van der Waals surface area contributed by atoms with Crippen LogP contribution < -0.4 is 11.1 Å². The largest absolute Gasteiger partial charge is 0.323 e. The van der Waals surface area contributed by atoms with Crippen LogP contribution in [0.5, 0.6) is 0 Å². The van der Waals surface area contributed by atoms with Gasteiger partial charge in [0.2, 0.25) is 5.91 Å². The van der Waals surface area contributed by atoms with Gasteiger partial charge in [-0.05, 0) is 24.5 Å². The topological polar surface area (TPSA) is 98.7 Å². The number of rotatable bonds is 5. The molecule has 0 bridgehead atoms. The van der Waals surface area contributed by atoms with Crippen LogP contribution in [0.15, 0.2) is 31.0 Å². The number of aromatic nitrogens is 4. The molecule has 0 aromatic carbocycles. The van der Waals surface area contributed by atoms with Crippen molar-refractivity contribution in [1.82, 2.24) is 19.7 Å². The van der Waals surface area contributed by atoms with E-state index in [-0.39, 0.29) is 5.91 Å². The summed E-state index contributed by atoms with van der Waals surface area (Å²) in [5, 5.41) is 6.72. The van der Waals surface area contributed by atoms with Gasteiger partial charge in [-0.15, -0.1) is 0 Å². The van der Waals surface area contributed by atoms with Crippen molar-refractivity contribution in [1.29, 1.82) is 0 Å². The van der Waals surface area contributed by atoms with Gasteiger partial charge in [0, 0.05) is 0 Å². The lowest BCUT2D eigenvalue weighted by molar-refractivity contribution is -0.117. The second kappa shape index (κ2) is 6.25. The molecule has 0 aliphatic heterocycles. The molecule has 0 saturated carbocycles. The minimum Gasteiger partial charge on any atom is -0.323 e. The Kier molecular flexibility index (Phi) is 4.41. The highest BCUT2D eigenvalue weighted by molar-refractivity contribution is 5.94. The lowest BCUT2D eigenvalue weighted by Crippen LogP contribution is -2.36. The summed E-state index contributed by atoms with van der Waals surface area (Å²) in [6.07, 6.45) is 5.20. The summed E-state index contributed by atoms with van der Waals surface area (Å²) >= 11 is 0. The van der Waals surface area contributed by atoms with Gasteiger partial charge in [0.15, 0.2) is 5.82 Å². The van der Waals surface area contributed by atoms with Crippen molar-refractivity contribution >= 4 is 11.6 Å². The van der Waals surface area contributed by atoms with Crippen LogP contribution in [-0.4, -0.2) is 31.7 Å². The minimum absolute atomic E-state index is 0.200. The number of hydrogen-bond donors (Lipinski definition) is 2. The number of nitrogens with zero attached hydrogens (tertiary/aromatic N) is 4. The first-order chi connectivity index (χ1) is 9.56. The molecule has 1 atom stereocenters. The maximum absolute atomic E-state index is 11.9. The van der Waals surface area contributed by atoms with E-state index in [4.69, 9.17) is 5.73 Å². The summed E-state index contributed by atoms with van der Waals surface area (Å²) in [4.78, 5) is 19.9. The molecule has 0 radical (unpaired) electrons. The van der Waals surface area contributed by atoms with Gasteiger partial charge in [-0.3, -0.25) is 4.79 Å². The average molecular weight is 274 g/mol. The SMILES string of the molecule is CC(C)CC(N)C(=O)Nc1ccc(-n2cncn2)nc1. The van der Waals surface area contributed by atoms with Crippen LogP contribution in [0, 0.1) is 5.92 Å². The van der Waals surface area contributed by atoms with Crippen LogP contribution in [0.1, 0.15) is 20.3 Å². The maximum Gasteiger partial charge on any atom is 0.241 e. The number of carbonyl (C=O) groups is 1. The summed E-state index contributed by atoms with van der Waals surface area (Å²) < 4.78 is 1.54. The Bertz CT molecular complexity index is 549. The molecule has 0 aliphatic carbocycles. The fourth-order valence-electron chi connectivity index (χ4n) is 1.77. The van der Waals surface area contributed by atoms with Crippen molar-refractivity contribution in [2.45, 2.75) is 26.3 Å². The van der Waals surface area contributed by atoms with Crippen molar-refractivity contribution in [3.05, 3.63) is 31.0 Å². The number of nitrogens with one attached hydrogen (secondary N) is 1. The van der Waals surface area contributed by atoms with Crippen LogP contribution in [0.2, 0.25) is 0 Å². The lowest BCUT2D eigenvalue weighted by Gasteiger charge is -2.14. The number of amides is 1. The molecule has 7 heteroatoms. The number of carbonyl (C=O) groups excluding carboxylic acids is 1. The Hall–Kier alpha value is -2.28. The standard InChI is InChI=1S/C13H18N6O/c1-9(2)5-11(14)13(20)18-10-3-4-12(16-6-10)19-8-15-7-17-19/h3-4,6-9,11H,5,14H2,1-2H3,(H,18,20). The number of nitrogens with two attached hydrogens (primary N) is 1. The molecule has 2 heterocycles. The second-order valence-electron chi connectivity index (χ2n) is 4.97. The first kappa shape index (κ1) is 14.1. The Morgan fingerprint density at radius 1 is 1.45 bits per heavy atom. The van der Waals surface area contributed by atoms with Crippen LogP contribution in [0.4, 0.5) is 5.69 Å². The molecule has 106 valence electrons. The lowest BCUT2D eigenvalue weighted by atomic mass is 10.0. The molecule has 20 heavy (non-hydrogen) atoms. The summed E-state index contributed by atoms with van der Waals surface area (Å²) in [5.41, 5.74) is 6.43. The fourth-order valence-corrected chi connectivity index (χ4v) is 1.77. The van der Waals surface area contributed by atoms with Gasteiger partial charge in [-0.1, -0.05) is 13.8 Å². The van der Waals surface area contributed by atoms with Crippen LogP contribution >= 0.6 is 0 Å². The molecule has 2 aromatic heterocycles. The Balaban J connectivity index is 1.99. The third-order valence-corrected chi connectivity index (χ3v) is 2.73. The zero-order valence-electron chi connectivity index (χ0n) is 11.5. The van der Waals surface area contributed by atoms with E-state index in [2.05, 4.69) is 20.4 Å². The third-order valence-electron chi connectivity index (χ3n) is 2.73. The molecule has 2 rings (SSSR count). The van der Waals surface area contributed by atoms with E-state index >= 15 is 0 Å². The van der Waals surface area contributed by atoms with E-state index in [0.717, 1.165) is 0 Å². The van der Waals surface area contributed by atoms with Crippen molar-refractivity contribution < 1.29 is 4.79 Å². The molecule has 2 aromatic rings. The molecule has 0 saturated heterocycles. The van der Waals surface area contributed by atoms with Gasteiger partial charge in [0.25, 0.3) is 0 Å². The second-order valence-corrected chi connectivity index (χ2v) is 4.97. The van der Waals surface area contributed by atoms with Crippen LogP contribution in [-0.2, 0) is 4.79 Å². The zero-order chi connectivity index (χ0) is 14.5. The molecule has 0 fully saturated rings. The maximum atomic E-state index is 11.9. The molecule has 1 amide bonds. The molecular formula is C13H18N6O. The van der Waals surface area contributed by atoms with Gasteiger partial charge in [-0.25, -0.2) is 14.6 Å². The number of hydrogen-bond acceptors (Lipinski definition) is 5. The van der Waals surface area contributed by atoms with Crippen molar-refractivity contribution in [3.8, 4) is 5.82 Å². The van der Waals surface area contributed by atoms with Crippen LogP contribution in [0.3, 0.4) is 0 Å². The highest BCUT2D eigenvalue weighted by Gasteiger charge is 2.15. The van der Waals surface area contributed by atoms with E-state index in [1.54, 1.807) is 24.7 Å². The monoisotopic (exact) mass is 274 g/mol. The highest BCUT2D eigenvalue weighted by atomic mass is 16.2. The fraction of sp³-hybridized carbons (Fsp3) is 0.385. The Morgan fingerprint density at radius 2 is 2.25 bits per heavy atom. The molecule has 0 aliphatic rings. The summed E-state index contributed by atoms with van der Waals surface area (Å²) in [6, 6.07) is 2.99. The molecule has 0 spiro atoms. The predicted molar refractivity (Wildman–Crippen MR) is 75.2 cm³/mol. The number of pyridine rings is 1. The smallest absolute Gasteiger partial charge is 0.241 e. The first-order valence-electron chi connectivity index (χ1n) is 6.43. The average Bonchev–Trinajstić information content (AvgIpc) is 2.92. The first-order valence-corrected chi connectivity index (χ1v) is 6.43. The zero-order valence-corrected chi connectivity index (χ0v) is 11.5. The molecule has 3 N–H and O–H groups in total. The van der Waals surface area contributed by atoms with Crippen molar-refractivity contribution in [2.24, 2.45) is 11.7 Å². The molecule has 1 unspecified atom stereocenters. The van der Waals surface area contributed by atoms with E-state index in [0.29, 0.717) is 23.8 Å².